The Morgan fingerprint density at radius 3 is 3.06 bits per heavy atom. The van der Waals surface area contributed by atoms with Crippen molar-refractivity contribution in [3.8, 4) is 0 Å². The smallest absolute Gasteiger partial charge is 0.274 e. The van der Waals surface area contributed by atoms with E-state index in [0.29, 0.717) is 12.2 Å². The lowest BCUT2D eigenvalue weighted by Crippen LogP contribution is -2.27. The molecule has 0 aliphatic heterocycles. The molecule has 0 fully saturated rings. The van der Waals surface area contributed by atoms with Gasteiger partial charge in [0.25, 0.3) is 5.91 Å². The molecule has 4 heteroatoms. The second-order valence-corrected chi connectivity index (χ2v) is 3.92. The van der Waals surface area contributed by atoms with Gasteiger partial charge in [0.15, 0.2) is 5.69 Å². The summed E-state index contributed by atoms with van der Waals surface area (Å²) in [5.41, 5.74) is 1.36. The summed E-state index contributed by atoms with van der Waals surface area (Å²) in [7, 11) is 1.77. The molecule has 1 amide bonds. The third kappa shape index (κ3) is 2.20. The molecule has 2 rings (SSSR count). The highest BCUT2D eigenvalue weighted by Crippen LogP contribution is 2.16. The minimum absolute atomic E-state index is 0.0655. The van der Waals surface area contributed by atoms with E-state index in [-0.39, 0.29) is 5.91 Å². The monoisotopic (exact) mass is 229 g/mol. The van der Waals surface area contributed by atoms with Crippen molar-refractivity contribution < 1.29 is 4.79 Å². The second kappa shape index (κ2) is 4.82. The summed E-state index contributed by atoms with van der Waals surface area (Å²) in [4.78, 5) is 13.8. The summed E-state index contributed by atoms with van der Waals surface area (Å²) in [6.07, 6.45) is 2.58. The Labute approximate surface area is 99.9 Å². The van der Waals surface area contributed by atoms with Crippen molar-refractivity contribution in [3.63, 3.8) is 0 Å². The molecule has 88 valence electrons. The van der Waals surface area contributed by atoms with Crippen LogP contribution in [-0.2, 0) is 0 Å². The van der Waals surface area contributed by atoms with Crippen LogP contribution >= 0.6 is 0 Å². The van der Waals surface area contributed by atoms with Crippen LogP contribution in [0.2, 0.25) is 0 Å². The SMILES string of the molecule is C=CCCN(C)C(=O)c1n[nH]c2ccccc12. The molecule has 4 nitrogen and oxygen atoms in total. The molecule has 1 aromatic carbocycles. The molecule has 1 heterocycles. The molecule has 0 saturated heterocycles. The molecule has 1 N–H and O–H groups in total. The number of H-pyrrole nitrogens is 1. The number of nitrogens with one attached hydrogen (secondary N) is 1. The Morgan fingerprint density at radius 1 is 1.53 bits per heavy atom. The van der Waals surface area contributed by atoms with Crippen LogP contribution in [0.1, 0.15) is 16.9 Å². The van der Waals surface area contributed by atoms with Crippen molar-refractivity contribution in [2.24, 2.45) is 0 Å². The van der Waals surface area contributed by atoms with Crippen LogP contribution in [0.5, 0.6) is 0 Å². The molecular formula is C13H15N3O. The number of amides is 1. The maximum atomic E-state index is 12.1. The zero-order valence-corrected chi connectivity index (χ0v) is 9.81. The van der Waals surface area contributed by atoms with E-state index in [4.69, 9.17) is 0 Å². The number of carbonyl (C=O) groups excluding carboxylic acids is 1. The average Bonchev–Trinajstić information content (AvgIpc) is 2.78. The maximum Gasteiger partial charge on any atom is 0.274 e. The predicted molar refractivity (Wildman–Crippen MR) is 67.9 cm³/mol. The number of benzene rings is 1. The van der Waals surface area contributed by atoms with Gasteiger partial charge in [-0.15, -0.1) is 6.58 Å². The predicted octanol–water partition coefficient (Wildman–Crippen LogP) is 2.21. The van der Waals surface area contributed by atoms with E-state index < -0.39 is 0 Å². The molecule has 0 bridgehead atoms. The molecule has 0 radical (unpaired) electrons. The number of aromatic nitrogens is 2. The molecule has 0 unspecified atom stereocenters. The zero-order valence-electron chi connectivity index (χ0n) is 9.81. The third-order valence-electron chi connectivity index (χ3n) is 2.69. The van der Waals surface area contributed by atoms with Crippen LogP contribution in [0.3, 0.4) is 0 Å². The molecule has 2 aromatic rings. The van der Waals surface area contributed by atoms with Gasteiger partial charge in [-0.2, -0.15) is 5.10 Å². The topological polar surface area (TPSA) is 49.0 Å². The van der Waals surface area contributed by atoms with E-state index in [1.165, 1.54) is 0 Å². The number of nitrogens with zero attached hydrogens (tertiary/aromatic N) is 2. The van der Waals surface area contributed by atoms with E-state index in [9.17, 15) is 4.79 Å². The summed E-state index contributed by atoms with van der Waals surface area (Å²) in [6, 6.07) is 7.62. The second-order valence-electron chi connectivity index (χ2n) is 3.92. The van der Waals surface area contributed by atoms with Gasteiger partial charge in [-0.1, -0.05) is 24.3 Å². The van der Waals surface area contributed by atoms with Crippen LogP contribution in [-0.4, -0.2) is 34.6 Å². The van der Waals surface area contributed by atoms with Crippen LogP contribution in [0.25, 0.3) is 10.9 Å². The standard InChI is InChI=1S/C13H15N3O/c1-3-4-9-16(2)13(17)12-10-7-5-6-8-11(10)14-15-12/h3,5-8H,1,4,9H2,2H3,(H,14,15). The summed E-state index contributed by atoms with van der Waals surface area (Å²) < 4.78 is 0. The van der Waals surface area contributed by atoms with Gasteiger partial charge in [-0.3, -0.25) is 9.89 Å². The van der Waals surface area contributed by atoms with Crippen molar-refractivity contribution >= 4 is 16.8 Å². The summed E-state index contributed by atoms with van der Waals surface area (Å²) in [5.74, 6) is -0.0655. The van der Waals surface area contributed by atoms with Gasteiger partial charge in [0.1, 0.15) is 0 Å². The van der Waals surface area contributed by atoms with E-state index in [1.54, 1.807) is 18.0 Å². The Morgan fingerprint density at radius 2 is 2.29 bits per heavy atom. The van der Waals surface area contributed by atoms with Crippen LogP contribution in [0.15, 0.2) is 36.9 Å². The molecule has 0 aliphatic carbocycles. The zero-order chi connectivity index (χ0) is 12.3. The number of carbonyl (C=O) groups is 1. The number of hydrogen-bond acceptors (Lipinski definition) is 2. The number of para-hydroxylation sites is 1. The van der Waals surface area contributed by atoms with Gasteiger partial charge in [0, 0.05) is 19.0 Å². The quantitative estimate of drug-likeness (QED) is 0.817. The molecule has 17 heavy (non-hydrogen) atoms. The van der Waals surface area contributed by atoms with E-state index >= 15 is 0 Å². The van der Waals surface area contributed by atoms with Gasteiger partial charge >= 0.3 is 0 Å². The number of rotatable bonds is 4. The fourth-order valence-corrected chi connectivity index (χ4v) is 1.69. The Hall–Kier alpha value is -2.10. The first-order valence-corrected chi connectivity index (χ1v) is 5.53. The Bertz CT molecular complexity index is 544. The highest BCUT2D eigenvalue weighted by Gasteiger charge is 2.17. The van der Waals surface area contributed by atoms with Crippen molar-refractivity contribution in [3.05, 3.63) is 42.6 Å². The molecule has 1 aromatic heterocycles. The average molecular weight is 229 g/mol. The summed E-state index contributed by atoms with van der Waals surface area (Å²) in [6.45, 7) is 4.30. The number of fused-ring (bicyclic) bond motifs is 1. The molecule has 0 saturated carbocycles. The maximum absolute atomic E-state index is 12.1. The fourth-order valence-electron chi connectivity index (χ4n) is 1.69. The van der Waals surface area contributed by atoms with Gasteiger partial charge in [-0.25, -0.2) is 0 Å². The minimum Gasteiger partial charge on any atom is -0.340 e. The Kier molecular flexibility index (Phi) is 3.23. The normalized spacial score (nSPS) is 10.4. The summed E-state index contributed by atoms with van der Waals surface area (Å²) >= 11 is 0. The molecular weight excluding hydrogens is 214 g/mol. The molecule has 0 spiro atoms. The minimum atomic E-state index is -0.0655. The van der Waals surface area contributed by atoms with E-state index in [0.717, 1.165) is 17.3 Å². The third-order valence-corrected chi connectivity index (χ3v) is 2.69. The highest BCUT2D eigenvalue weighted by atomic mass is 16.2. The first-order chi connectivity index (χ1) is 8.24. The van der Waals surface area contributed by atoms with Gasteiger partial charge < -0.3 is 4.90 Å². The van der Waals surface area contributed by atoms with Gasteiger partial charge in [-0.05, 0) is 12.5 Å². The van der Waals surface area contributed by atoms with Crippen LogP contribution < -0.4 is 0 Å². The van der Waals surface area contributed by atoms with E-state index in [2.05, 4.69) is 16.8 Å². The van der Waals surface area contributed by atoms with Crippen LogP contribution in [0, 0.1) is 0 Å². The van der Waals surface area contributed by atoms with Crippen molar-refractivity contribution in [1.29, 1.82) is 0 Å². The van der Waals surface area contributed by atoms with Crippen molar-refractivity contribution in [2.45, 2.75) is 6.42 Å². The lowest BCUT2D eigenvalue weighted by molar-refractivity contribution is 0.0793. The first-order valence-electron chi connectivity index (χ1n) is 5.53. The Balaban J connectivity index is 2.27. The number of aromatic amines is 1. The largest absolute Gasteiger partial charge is 0.340 e. The van der Waals surface area contributed by atoms with E-state index in [1.807, 2.05) is 24.3 Å². The molecule has 0 atom stereocenters. The summed E-state index contributed by atoms with van der Waals surface area (Å²) in [5, 5.41) is 7.81. The van der Waals surface area contributed by atoms with Gasteiger partial charge in [0.05, 0.1) is 5.52 Å². The number of hydrogen-bond donors (Lipinski definition) is 1. The molecule has 0 aliphatic rings. The van der Waals surface area contributed by atoms with Gasteiger partial charge in [0.2, 0.25) is 0 Å². The lowest BCUT2D eigenvalue weighted by atomic mass is 10.2. The van der Waals surface area contributed by atoms with Crippen molar-refractivity contribution in [1.82, 2.24) is 15.1 Å². The fraction of sp³-hybridized carbons (Fsp3) is 0.231. The lowest BCUT2D eigenvalue weighted by Gasteiger charge is -2.14. The van der Waals surface area contributed by atoms with Crippen molar-refractivity contribution in [2.75, 3.05) is 13.6 Å². The first kappa shape index (κ1) is 11.4. The van der Waals surface area contributed by atoms with Crippen LogP contribution in [0.4, 0.5) is 0 Å². The highest BCUT2D eigenvalue weighted by molar-refractivity contribution is 6.04.